The van der Waals surface area contributed by atoms with Crippen molar-refractivity contribution in [3.8, 4) is 11.4 Å². The number of benzene rings is 2. The first-order valence-electron chi connectivity index (χ1n) is 12.2. The average Bonchev–Trinajstić information content (AvgIpc) is 3.42. The summed E-state index contributed by atoms with van der Waals surface area (Å²) >= 11 is 0. The van der Waals surface area contributed by atoms with E-state index < -0.39 is 0 Å². The van der Waals surface area contributed by atoms with Gasteiger partial charge in [0.2, 0.25) is 5.91 Å². The number of piperazine rings is 1. The maximum Gasteiger partial charge on any atom is 0.228 e. The monoisotopic (exact) mass is 456 g/mol. The van der Waals surface area contributed by atoms with Crippen molar-refractivity contribution in [1.29, 1.82) is 0 Å². The second kappa shape index (κ2) is 9.94. The summed E-state index contributed by atoms with van der Waals surface area (Å²) < 4.78 is 5.43. The normalized spacial score (nSPS) is 18.4. The molecule has 2 aromatic carbocycles. The molecule has 0 unspecified atom stereocenters. The van der Waals surface area contributed by atoms with E-state index in [1.165, 1.54) is 11.1 Å². The molecular formula is C28H32N4O2. The van der Waals surface area contributed by atoms with E-state index in [1.807, 2.05) is 23.1 Å². The van der Waals surface area contributed by atoms with Crippen molar-refractivity contribution < 1.29 is 9.53 Å². The Morgan fingerprint density at radius 1 is 0.971 bits per heavy atom. The summed E-state index contributed by atoms with van der Waals surface area (Å²) in [6, 6.07) is 18.8. The summed E-state index contributed by atoms with van der Waals surface area (Å²) in [6.07, 6.45) is 1.63. The minimum absolute atomic E-state index is 0.0228. The topological polar surface area (TPSA) is 58.6 Å². The van der Waals surface area contributed by atoms with Crippen LogP contribution >= 0.6 is 0 Å². The van der Waals surface area contributed by atoms with E-state index >= 15 is 0 Å². The van der Waals surface area contributed by atoms with Gasteiger partial charge in [0.05, 0.1) is 12.5 Å². The Morgan fingerprint density at radius 3 is 2.38 bits per heavy atom. The molecule has 176 valence electrons. The smallest absolute Gasteiger partial charge is 0.228 e. The molecule has 0 spiro atoms. The minimum atomic E-state index is 0.0228. The van der Waals surface area contributed by atoms with E-state index in [2.05, 4.69) is 55.1 Å². The summed E-state index contributed by atoms with van der Waals surface area (Å²) in [4.78, 5) is 27.2. The number of aryl methyl sites for hydroxylation is 2. The lowest BCUT2D eigenvalue weighted by Gasteiger charge is -2.37. The molecule has 2 fully saturated rings. The molecule has 0 bridgehead atoms. The number of anilines is 1. The molecule has 5 rings (SSSR count). The van der Waals surface area contributed by atoms with Gasteiger partial charge in [-0.05, 0) is 25.8 Å². The zero-order valence-electron chi connectivity index (χ0n) is 20.0. The van der Waals surface area contributed by atoms with Gasteiger partial charge in [0.25, 0.3) is 0 Å². The van der Waals surface area contributed by atoms with Crippen molar-refractivity contribution in [3.63, 3.8) is 0 Å². The molecule has 3 heterocycles. The molecule has 0 N–H and O–H groups in total. The Bertz CT molecular complexity index is 1130. The molecular weight excluding hydrogens is 424 g/mol. The fourth-order valence-corrected chi connectivity index (χ4v) is 4.80. The SMILES string of the molecule is Cc1ccc(Cc2c(C)nc(-c3ccccc3)nc2N2CCN(C(=O)[C@H]3CCOC3)CC2)cc1. The van der Waals surface area contributed by atoms with Crippen molar-refractivity contribution in [2.24, 2.45) is 5.92 Å². The van der Waals surface area contributed by atoms with Gasteiger partial charge < -0.3 is 14.5 Å². The third-order valence-corrected chi connectivity index (χ3v) is 6.90. The predicted molar refractivity (Wildman–Crippen MR) is 134 cm³/mol. The summed E-state index contributed by atoms with van der Waals surface area (Å²) in [5.74, 6) is 2.00. The Balaban J connectivity index is 1.43. The molecule has 0 radical (unpaired) electrons. The van der Waals surface area contributed by atoms with Gasteiger partial charge >= 0.3 is 0 Å². The minimum Gasteiger partial charge on any atom is -0.381 e. The van der Waals surface area contributed by atoms with Crippen LogP contribution in [0.15, 0.2) is 54.6 Å². The number of amides is 1. The number of nitrogens with zero attached hydrogens (tertiary/aromatic N) is 4. The van der Waals surface area contributed by atoms with Crippen molar-refractivity contribution in [2.45, 2.75) is 26.7 Å². The predicted octanol–water partition coefficient (Wildman–Crippen LogP) is 4.04. The summed E-state index contributed by atoms with van der Waals surface area (Å²) in [7, 11) is 0. The highest BCUT2D eigenvalue weighted by molar-refractivity contribution is 5.79. The first-order chi connectivity index (χ1) is 16.6. The van der Waals surface area contributed by atoms with Crippen molar-refractivity contribution in [2.75, 3.05) is 44.3 Å². The maximum absolute atomic E-state index is 12.9. The number of ether oxygens (including phenoxy) is 1. The number of carbonyl (C=O) groups excluding carboxylic acids is 1. The van der Waals surface area contributed by atoms with Crippen LogP contribution in [0.25, 0.3) is 11.4 Å². The lowest BCUT2D eigenvalue weighted by atomic mass is 10.0. The van der Waals surface area contributed by atoms with Crippen LogP contribution in [0.2, 0.25) is 0 Å². The van der Waals surface area contributed by atoms with Crippen LogP contribution in [0.1, 0.15) is 28.8 Å². The second-order valence-electron chi connectivity index (χ2n) is 9.34. The van der Waals surface area contributed by atoms with Crippen LogP contribution in [0, 0.1) is 19.8 Å². The molecule has 1 aromatic heterocycles. The maximum atomic E-state index is 12.9. The van der Waals surface area contributed by atoms with Gasteiger partial charge in [-0.15, -0.1) is 0 Å². The fraction of sp³-hybridized carbons (Fsp3) is 0.393. The van der Waals surface area contributed by atoms with Crippen molar-refractivity contribution >= 4 is 11.7 Å². The number of hydrogen-bond donors (Lipinski definition) is 0. The van der Waals surface area contributed by atoms with Crippen LogP contribution in [-0.2, 0) is 16.0 Å². The quantitative estimate of drug-likeness (QED) is 0.580. The molecule has 1 atom stereocenters. The molecule has 3 aromatic rings. The molecule has 0 saturated carbocycles. The molecule has 6 heteroatoms. The van der Waals surface area contributed by atoms with E-state index in [-0.39, 0.29) is 11.8 Å². The average molecular weight is 457 g/mol. The molecule has 2 saturated heterocycles. The first-order valence-corrected chi connectivity index (χ1v) is 12.2. The molecule has 1 amide bonds. The number of aromatic nitrogens is 2. The van der Waals surface area contributed by atoms with Crippen molar-refractivity contribution in [3.05, 3.63) is 77.0 Å². The van der Waals surface area contributed by atoms with E-state index in [0.717, 1.165) is 54.4 Å². The third-order valence-electron chi connectivity index (χ3n) is 6.90. The highest BCUT2D eigenvalue weighted by Gasteiger charge is 2.31. The summed E-state index contributed by atoms with van der Waals surface area (Å²) in [5.41, 5.74) is 5.69. The zero-order chi connectivity index (χ0) is 23.5. The lowest BCUT2D eigenvalue weighted by molar-refractivity contribution is -0.135. The number of carbonyl (C=O) groups is 1. The Morgan fingerprint density at radius 2 is 1.71 bits per heavy atom. The molecule has 2 aliphatic heterocycles. The van der Waals surface area contributed by atoms with Crippen LogP contribution in [0.5, 0.6) is 0 Å². The van der Waals surface area contributed by atoms with E-state index in [4.69, 9.17) is 14.7 Å². The van der Waals surface area contributed by atoms with E-state index in [0.29, 0.717) is 26.3 Å². The van der Waals surface area contributed by atoms with Gasteiger partial charge in [-0.3, -0.25) is 4.79 Å². The molecule has 2 aliphatic rings. The fourth-order valence-electron chi connectivity index (χ4n) is 4.80. The van der Waals surface area contributed by atoms with Gasteiger partial charge in [-0.1, -0.05) is 60.2 Å². The standard InChI is InChI=1S/C28H32N4O2/c1-20-8-10-22(11-9-20)18-25-21(2)29-26(23-6-4-3-5-7-23)30-27(25)31-13-15-32(16-14-31)28(33)24-12-17-34-19-24/h3-11,24H,12-19H2,1-2H3/t24-/m0/s1. The van der Waals surface area contributed by atoms with Gasteiger partial charge in [-0.25, -0.2) is 9.97 Å². The van der Waals surface area contributed by atoms with Gasteiger partial charge in [0.1, 0.15) is 5.82 Å². The molecule has 6 nitrogen and oxygen atoms in total. The second-order valence-corrected chi connectivity index (χ2v) is 9.34. The zero-order valence-corrected chi connectivity index (χ0v) is 20.0. The Labute approximate surface area is 201 Å². The van der Waals surface area contributed by atoms with Gasteiger partial charge in [0, 0.05) is 56.0 Å². The lowest BCUT2D eigenvalue weighted by Crippen LogP contribution is -2.51. The van der Waals surface area contributed by atoms with Gasteiger partial charge in [-0.2, -0.15) is 0 Å². The first kappa shape index (κ1) is 22.5. The number of hydrogen-bond acceptors (Lipinski definition) is 5. The van der Waals surface area contributed by atoms with Crippen LogP contribution < -0.4 is 4.90 Å². The molecule has 0 aliphatic carbocycles. The highest BCUT2D eigenvalue weighted by Crippen LogP contribution is 2.29. The van der Waals surface area contributed by atoms with E-state index in [9.17, 15) is 4.79 Å². The van der Waals surface area contributed by atoms with E-state index in [1.54, 1.807) is 0 Å². The van der Waals surface area contributed by atoms with Crippen LogP contribution in [0.3, 0.4) is 0 Å². The number of rotatable bonds is 5. The largest absolute Gasteiger partial charge is 0.381 e. The summed E-state index contributed by atoms with van der Waals surface area (Å²) in [5, 5.41) is 0. The summed E-state index contributed by atoms with van der Waals surface area (Å²) in [6.45, 7) is 8.41. The van der Waals surface area contributed by atoms with Gasteiger partial charge in [0.15, 0.2) is 5.82 Å². The van der Waals surface area contributed by atoms with Crippen molar-refractivity contribution in [1.82, 2.24) is 14.9 Å². The Kier molecular flexibility index (Phi) is 6.59. The van der Waals surface area contributed by atoms with Crippen LogP contribution in [0.4, 0.5) is 5.82 Å². The Hall–Kier alpha value is -3.25. The third kappa shape index (κ3) is 4.82. The van der Waals surface area contributed by atoms with Crippen LogP contribution in [-0.4, -0.2) is 60.2 Å². The highest BCUT2D eigenvalue weighted by atomic mass is 16.5. The molecule has 34 heavy (non-hydrogen) atoms.